The van der Waals surface area contributed by atoms with E-state index in [4.69, 9.17) is 4.74 Å². The number of carbonyl (C=O) groups excluding carboxylic acids is 2. The largest absolute Gasteiger partial charge is 0.481 e. The second-order valence-electron chi connectivity index (χ2n) is 15.5. The molecule has 0 saturated heterocycles. The van der Waals surface area contributed by atoms with Crippen LogP contribution in [0.2, 0.25) is 0 Å². The first-order valence-electron chi connectivity index (χ1n) is 14.6. The Balaban J connectivity index is 1.58. The zero-order chi connectivity index (χ0) is 27.4. The van der Waals surface area contributed by atoms with Gasteiger partial charge < -0.3 is 9.84 Å². The van der Waals surface area contributed by atoms with Gasteiger partial charge >= 0.3 is 11.9 Å². The maximum atomic E-state index is 14.4. The Morgan fingerprint density at radius 1 is 0.919 bits per heavy atom. The molecule has 9 atom stereocenters. The standard InChI is InChI=1S/C32H48O5/c1-19(33)37-24-10-11-30(6)23(27(24,2)3)9-12-32(8)25(30)22(34)17-20-21-18-29(5,26(35)36)14-13-28(21,4)15-16-31(20,32)7/h17,21,23-25H,9-16,18H2,1-8H3,(H,35,36)/t21-,23-,24-,25+,28-,29-,30+,31-,32-/m0/s1. The second kappa shape index (κ2) is 7.94. The lowest BCUT2D eigenvalue weighted by Gasteiger charge is -2.70. The number of aliphatic carboxylic acids is 1. The summed E-state index contributed by atoms with van der Waals surface area (Å²) in [7, 11) is 0. The van der Waals surface area contributed by atoms with E-state index in [1.165, 1.54) is 12.5 Å². The van der Waals surface area contributed by atoms with Crippen LogP contribution in [0.5, 0.6) is 0 Å². The van der Waals surface area contributed by atoms with Gasteiger partial charge in [-0.1, -0.05) is 47.1 Å². The van der Waals surface area contributed by atoms with E-state index in [9.17, 15) is 19.5 Å². The van der Waals surface area contributed by atoms with E-state index in [2.05, 4.69) is 41.5 Å². The molecule has 0 heterocycles. The van der Waals surface area contributed by atoms with Crippen LogP contribution in [-0.4, -0.2) is 28.9 Å². The maximum Gasteiger partial charge on any atom is 0.309 e. The molecule has 0 aromatic heterocycles. The quantitative estimate of drug-likeness (QED) is 0.404. The highest BCUT2D eigenvalue weighted by Gasteiger charge is 2.70. The minimum Gasteiger partial charge on any atom is -0.481 e. The number of rotatable bonds is 2. The summed E-state index contributed by atoms with van der Waals surface area (Å²) in [6, 6.07) is 0. The van der Waals surface area contributed by atoms with Crippen molar-refractivity contribution in [1.29, 1.82) is 0 Å². The molecule has 4 saturated carbocycles. The molecule has 5 nitrogen and oxygen atoms in total. The van der Waals surface area contributed by atoms with Crippen molar-refractivity contribution in [2.24, 2.45) is 50.2 Å². The highest BCUT2D eigenvalue weighted by molar-refractivity contribution is 5.95. The Bertz CT molecular complexity index is 1070. The maximum absolute atomic E-state index is 14.4. The van der Waals surface area contributed by atoms with Crippen LogP contribution in [-0.2, 0) is 19.1 Å². The Hall–Kier alpha value is -1.65. The summed E-state index contributed by atoms with van der Waals surface area (Å²) >= 11 is 0. The minimum atomic E-state index is -0.729. The summed E-state index contributed by atoms with van der Waals surface area (Å²) in [5.74, 6) is -0.280. The molecule has 0 aromatic carbocycles. The van der Waals surface area contributed by atoms with E-state index in [0.717, 1.165) is 44.9 Å². The molecule has 0 unspecified atom stereocenters. The van der Waals surface area contributed by atoms with Crippen molar-refractivity contribution < 1.29 is 24.2 Å². The van der Waals surface area contributed by atoms with Crippen LogP contribution >= 0.6 is 0 Å². The van der Waals surface area contributed by atoms with Crippen molar-refractivity contribution in [2.45, 2.75) is 119 Å². The fourth-order valence-electron chi connectivity index (χ4n) is 10.8. The number of carbonyl (C=O) groups is 3. The van der Waals surface area contributed by atoms with Gasteiger partial charge in [0.15, 0.2) is 5.78 Å². The zero-order valence-electron chi connectivity index (χ0n) is 24.3. The molecule has 37 heavy (non-hydrogen) atoms. The van der Waals surface area contributed by atoms with Gasteiger partial charge in [0.25, 0.3) is 0 Å². The molecule has 206 valence electrons. The van der Waals surface area contributed by atoms with E-state index < -0.39 is 11.4 Å². The van der Waals surface area contributed by atoms with Gasteiger partial charge in [-0.05, 0) is 104 Å². The molecule has 0 radical (unpaired) electrons. The molecule has 0 aliphatic heterocycles. The van der Waals surface area contributed by atoms with Gasteiger partial charge in [-0.25, -0.2) is 0 Å². The molecular weight excluding hydrogens is 464 g/mol. The van der Waals surface area contributed by atoms with Gasteiger partial charge in [0.05, 0.1) is 5.41 Å². The zero-order valence-corrected chi connectivity index (χ0v) is 24.3. The van der Waals surface area contributed by atoms with Gasteiger partial charge in [-0.2, -0.15) is 0 Å². The molecule has 5 aliphatic rings. The van der Waals surface area contributed by atoms with Gasteiger partial charge in [-0.3, -0.25) is 14.4 Å². The summed E-state index contributed by atoms with van der Waals surface area (Å²) in [5.41, 5.74) is -0.0327. The predicted octanol–water partition coefficient (Wildman–Crippen LogP) is 6.98. The van der Waals surface area contributed by atoms with E-state index in [1.807, 2.05) is 13.0 Å². The number of ether oxygens (including phenoxy) is 1. The van der Waals surface area contributed by atoms with Crippen LogP contribution in [0.3, 0.4) is 0 Å². The summed E-state index contributed by atoms with van der Waals surface area (Å²) in [6.45, 7) is 17.4. The van der Waals surface area contributed by atoms with Crippen molar-refractivity contribution in [3.05, 3.63) is 11.6 Å². The van der Waals surface area contributed by atoms with Crippen molar-refractivity contribution >= 4 is 17.7 Å². The molecule has 5 rings (SSSR count). The van der Waals surface area contributed by atoms with Crippen molar-refractivity contribution in [2.75, 3.05) is 0 Å². The topological polar surface area (TPSA) is 80.7 Å². The molecule has 0 bridgehead atoms. The number of carboxylic acids is 1. The number of esters is 1. The summed E-state index contributed by atoms with van der Waals surface area (Å²) in [5, 5.41) is 10.1. The summed E-state index contributed by atoms with van der Waals surface area (Å²) in [4.78, 5) is 38.5. The van der Waals surface area contributed by atoms with Gasteiger partial charge in [-0.15, -0.1) is 0 Å². The monoisotopic (exact) mass is 512 g/mol. The molecule has 5 heteroatoms. The third-order valence-corrected chi connectivity index (χ3v) is 13.3. The third kappa shape index (κ3) is 3.43. The average molecular weight is 513 g/mol. The highest BCUT2D eigenvalue weighted by Crippen LogP contribution is 2.75. The average Bonchev–Trinajstić information content (AvgIpc) is 2.78. The van der Waals surface area contributed by atoms with E-state index >= 15 is 0 Å². The number of hydrogen-bond donors (Lipinski definition) is 1. The van der Waals surface area contributed by atoms with Crippen molar-refractivity contribution in [3.8, 4) is 0 Å². The van der Waals surface area contributed by atoms with Crippen LogP contribution in [0.25, 0.3) is 0 Å². The van der Waals surface area contributed by atoms with Gasteiger partial charge in [0.1, 0.15) is 6.10 Å². The second-order valence-corrected chi connectivity index (χ2v) is 15.5. The first kappa shape index (κ1) is 26.9. The number of carboxylic acid groups (broad SMARTS) is 1. The SMILES string of the molecule is CC(=O)O[C@H]1CC[C@@]2(C)[C@H]3C(=O)C=C4[C@@H]5C[C@@](C)(C(=O)O)CC[C@@]5(C)CC[C@]4(C)[C@@]3(C)CC[C@H]2C1(C)C. The van der Waals surface area contributed by atoms with Gasteiger partial charge in [0, 0.05) is 18.3 Å². The summed E-state index contributed by atoms with van der Waals surface area (Å²) < 4.78 is 5.82. The first-order chi connectivity index (χ1) is 16.9. The smallest absolute Gasteiger partial charge is 0.309 e. The number of hydrogen-bond acceptors (Lipinski definition) is 4. The van der Waals surface area contributed by atoms with Crippen LogP contribution in [0.15, 0.2) is 11.6 Å². The Kier molecular flexibility index (Phi) is 5.78. The normalized spacial score (nSPS) is 50.5. The minimum absolute atomic E-state index is 0.0644. The number of fused-ring (bicyclic) bond motifs is 7. The summed E-state index contributed by atoms with van der Waals surface area (Å²) in [6.07, 6.45) is 10.0. The van der Waals surface area contributed by atoms with Crippen molar-refractivity contribution in [1.82, 2.24) is 0 Å². The lowest BCUT2D eigenvalue weighted by molar-refractivity contribution is -0.210. The van der Waals surface area contributed by atoms with E-state index in [0.29, 0.717) is 18.8 Å². The highest BCUT2D eigenvalue weighted by atomic mass is 16.5. The lowest BCUT2D eigenvalue weighted by Crippen LogP contribution is -2.66. The van der Waals surface area contributed by atoms with Crippen LogP contribution in [0.4, 0.5) is 0 Å². The Morgan fingerprint density at radius 2 is 1.57 bits per heavy atom. The number of allylic oxidation sites excluding steroid dienone is 2. The molecule has 5 aliphatic carbocycles. The lowest BCUT2D eigenvalue weighted by atomic mass is 9.33. The van der Waals surface area contributed by atoms with Gasteiger partial charge in [0.2, 0.25) is 0 Å². The molecule has 0 amide bonds. The van der Waals surface area contributed by atoms with E-state index in [-0.39, 0.29) is 56.8 Å². The van der Waals surface area contributed by atoms with Crippen LogP contribution < -0.4 is 0 Å². The first-order valence-corrected chi connectivity index (χ1v) is 14.6. The Morgan fingerprint density at radius 3 is 2.19 bits per heavy atom. The van der Waals surface area contributed by atoms with Crippen molar-refractivity contribution in [3.63, 3.8) is 0 Å². The van der Waals surface area contributed by atoms with Crippen LogP contribution in [0.1, 0.15) is 113 Å². The third-order valence-electron chi connectivity index (χ3n) is 13.3. The molecule has 1 N–H and O–H groups in total. The van der Waals surface area contributed by atoms with Crippen LogP contribution in [0, 0.1) is 50.2 Å². The molecule has 0 spiro atoms. The molecule has 4 fully saturated rings. The number of ketones is 1. The fraction of sp³-hybridized carbons (Fsp3) is 0.844. The molecular formula is C32H48O5. The van der Waals surface area contributed by atoms with E-state index in [1.54, 1.807) is 0 Å². The molecule has 0 aromatic rings. The Labute approximate surface area is 223 Å². The predicted molar refractivity (Wildman–Crippen MR) is 143 cm³/mol. The fourth-order valence-corrected chi connectivity index (χ4v) is 10.8.